The normalized spacial score (nSPS) is 12.1. The molecule has 0 aliphatic heterocycles. The van der Waals surface area contributed by atoms with Crippen LogP contribution in [0.5, 0.6) is 0 Å². The second-order valence-electron chi connectivity index (χ2n) is 2.71. The molecule has 0 aliphatic rings. The van der Waals surface area contributed by atoms with Crippen LogP contribution in [0.15, 0.2) is 12.1 Å². The molecule has 0 fully saturated rings. The van der Waals surface area contributed by atoms with Crippen molar-refractivity contribution >= 4 is 16.3 Å². The van der Waals surface area contributed by atoms with Crippen LogP contribution >= 0.6 is 11.3 Å². The summed E-state index contributed by atoms with van der Waals surface area (Å²) in [7, 11) is 0. The molecule has 1 heterocycles. The van der Waals surface area contributed by atoms with E-state index in [0.29, 0.717) is 4.88 Å². The van der Waals surface area contributed by atoms with E-state index in [9.17, 15) is 0 Å². The summed E-state index contributed by atoms with van der Waals surface area (Å²) >= 11 is 1.41. The number of nitrogens with one attached hydrogen (secondary N) is 1. The van der Waals surface area contributed by atoms with E-state index in [4.69, 9.17) is 10.4 Å². The maximum Gasteiger partial charge on any atom is 0.110 e. The highest BCUT2D eigenvalue weighted by atomic mass is 32.1. The number of aliphatic hydroxyl groups is 1. The Morgan fingerprint density at radius 3 is 2.92 bits per heavy atom. The van der Waals surface area contributed by atoms with Gasteiger partial charge in [-0.1, -0.05) is 6.92 Å². The first-order valence-electron chi connectivity index (χ1n) is 4.17. The molecule has 0 radical (unpaired) electrons. The van der Waals surface area contributed by atoms with E-state index in [1.807, 2.05) is 13.0 Å². The molecule has 0 spiro atoms. The SMILES string of the molecule is CCC(CO)Nc1ccc(C#N)s1. The van der Waals surface area contributed by atoms with Gasteiger partial charge < -0.3 is 10.4 Å². The molecule has 1 unspecified atom stereocenters. The lowest BCUT2D eigenvalue weighted by Gasteiger charge is -2.12. The van der Waals surface area contributed by atoms with Crippen molar-refractivity contribution in [3.8, 4) is 6.07 Å². The highest BCUT2D eigenvalue weighted by Crippen LogP contribution is 2.21. The molecule has 1 aromatic rings. The van der Waals surface area contributed by atoms with Crippen LogP contribution in [-0.2, 0) is 0 Å². The summed E-state index contributed by atoms with van der Waals surface area (Å²) < 4.78 is 0. The molecule has 1 aromatic heterocycles. The monoisotopic (exact) mass is 196 g/mol. The molecule has 4 heteroatoms. The van der Waals surface area contributed by atoms with Gasteiger partial charge in [-0.05, 0) is 18.6 Å². The smallest absolute Gasteiger partial charge is 0.110 e. The van der Waals surface area contributed by atoms with Crippen LogP contribution in [0.2, 0.25) is 0 Å². The molecule has 70 valence electrons. The number of nitrogens with zero attached hydrogens (tertiary/aromatic N) is 1. The summed E-state index contributed by atoms with van der Waals surface area (Å²) in [6.07, 6.45) is 0.871. The molecule has 0 saturated carbocycles. The van der Waals surface area contributed by atoms with E-state index in [0.717, 1.165) is 11.4 Å². The Hall–Kier alpha value is -1.05. The molecule has 0 aromatic carbocycles. The zero-order valence-corrected chi connectivity index (χ0v) is 8.27. The number of hydrogen-bond donors (Lipinski definition) is 2. The number of rotatable bonds is 4. The van der Waals surface area contributed by atoms with Gasteiger partial charge in [0.1, 0.15) is 10.9 Å². The summed E-state index contributed by atoms with van der Waals surface area (Å²) in [4.78, 5) is 0.690. The van der Waals surface area contributed by atoms with Gasteiger partial charge in [0, 0.05) is 6.04 Å². The second-order valence-corrected chi connectivity index (χ2v) is 3.79. The summed E-state index contributed by atoms with van der Waals surface area (Å²) in [6.45, 7) is 2.13. The minimum absolute atomic E-state index is 0.0881. The second kappa shape index (κ2) is 4.85. The van der Waals surface area contributed by atoms with Gasteiger partial charge in [-0.25, -0.2) is 0 Å². The average molecular weight is 196 g/mol. The van der Waals surface area contributed by atoms with Crippen molar-refractivity contribution in [3.05, 3.63) is 17.0 Å². The van der Waals surface area contributed by atoms with Crippen LogP contribution in [0.3, 0.4) is 0 Å². The Labute approximate surface area is 81.6 Å². The van der Waals surface area contributed by atoms with Gasteiger partial charge in [0.05, 0.1) is 11.6 Å². The molecule has 0 bridgehead atoms. The molecule has 3 nitrogen and oxygen atoms in total. The van der Waals surface area contributed by atoms with Gasteiger partial charge >= 0.3 is 0 Å². The Kier molecular flexibility index (Phi) is 3.74. The van der Waals surface area contributed by atoms with Crippen molar-refractivity contribution in [1.29, 1.82) is 5.26 Å². The molecule has 0 aliphatic carbocycles. The van der Waals surface area contributed by atoms with Crippen LogP contribution in [0.4, 0.5) is 5.00 Å². The van der Waals surface area contributed by atoms with Gasteiger partial charge in [-0.3, -0.25) is 0 Å². The molecule has 1 rings (SSSR count). The number of thiophene rings is 1. The Morgan fingerprint density at radius 2 is 2.46 bits per heavy atom. The molecule has 1 atom stereocenters. The van der Waals surface area contributed by atoms with E-state index < -0.39 is 0 Å². The predicted octanol–water partition coefficient (Wildman–Crippen LogP) is 1.80. The fourth-order valence-electron chi connectivity index (χ4n) is 0.954. The average Bonchev–Trinajstić information content (AvgIpc) is 2.61. The third-order valence-corrected chi connectivity index (χ3v) is 2.70. The third-order valence-electron chi connectivity index (χ3n) is 1.78. The molecule has 0 amide bonds. The van der Waals surface area contributed by atoms with Crippen molar-refractivity contribution in [3.63, 3.8) is 0 Å². The van der Waals surface area contributed by atoms with Gasteiger partial charge in [-0.15, -0.1) is 11.3 Å². The Balaban J connectivity index is 2.58. The highest BCUT2D eigenvalue weighted by Gasteiger charge is 2.05. The van der Waals surface area contributed by atoms with Crippen LogP contribution in [0, 0.1) is 11.3 Å². The van der Waals surface area contributed by atoms with Crippen LogP contribution in [0.25, 0.3) is 0 Å². The maximum absolute atomic E-state index is 8.93. The van der Waals surface area contributed by atoms with Gasteiger partial charge in [0.2, 0.25) is 0 Å². The quantitative estimate of drug-likeness (QED) is 0.772. The minimum Gasteiger partial charge on any atom is -0.394 e. The standard InChI is InChI=1S/C9H12N2OS/c1-2-7(6-12)11-9-4-3-8(5-10)13-9/h3-4,7,11-12H,2,6H2,1H3. The summed E-state index contributed by atoms with van der Waals surface area (Å²) in [5.74, 6) is 0. The predicted molar refractivity (Wildman–Crippen MR) is 53.8 cm³/mol. The lowest BCUT2D eigenvalue weighted by Crippen LogP contribution is -2.21. The fraction of sp³-hybridized carbons (Fsp3) is 0.444. The van der Waals surface area contributed by atoms with Crippen molar-refractivity contribution in [2.75, 3.05) is 11.9 Å². The zero-order valence-electron chi connectivity index (χ0n) is 7.45. The van der Waals surface area contributed by atoms with E-state index in [-0.39, 0.29) is 12.6 Å². The van der Waals surface area contributed by atoms with Gasteiger partial charge in [-0.2, -0.15) is 5.26 Å². The van der Waals surface area contributed by atoms with Crippen LogP contribution in [-0.4, -0.2) is 17.8 Å². The summed E-state index contributed by atoms with van der Waals surface area (Å²) in [6, 6.07) is 5.80. The van der Waals surface area contributed by atoms with Crippen LogP contribution in [0.1, 0.15) is 18.2 Å². The van der Waals surface area contributed by atoms with E-state index in [1.165, 1.54) is 11.3 Å². The number of anilines is 1. The molecular weight excluding hydrogens is 184 g/mol. The maximum atomic E-state index is 8.93. The third kappa shape index (κ3) is 2.72. The number of nitriles is 1. The largest absolute Gasteiger partial charge is 0.394 e. The van der Waals surface area contributed by atoms with Gasteiger partial charge in [0.15, 0.2) is 0 Å². The molecule has 13 heavy (non-hydrogen) atoms. The van der Waals surface area contributed by atoms with E-state index in [1.54, 1.807) is 6.07 Å². The first kappa shape index (κ1) is 10.0. The molecular formula is C9H12N2OS. The Morgan fingerprint density at radius 1 is 1.69 bits per heavy atom. The minimum atomic E-state index is 0.0881. The molecule has 2 N–H and O–H groups in total. The lowest BCUT2D eigenvalue weighted by molar-refractivity contribution is 0.272. The first-order valence-corrected chi connectivity index (χ1v) is 4.99. The summed E-state index contributed by atoms with van der Waals surface area (Å²) in [5, 5.41) is 21.6. The van der Waals surface area contributed by atoms with E-state index >= 15 is 0 Å². The number of hydrogen-bond acceptors (Lipinski definition) is 4. The Bertz CT molecular complexity index is 299. The van der Waals surface area contributed by atoms with Crippen molar-refractivity contribution < 1.29 is 5.11 Å². The topological polar surface area (TPSA) is 56.0 Å². The summed E-state index contributed by atoms with van der Waals surface area (Å²) in [5.41, 5.74) is 0. The zero-order chi connectivity index (χ0) is 9.68. The fourth-order valence-corrected chi connectivity index (χ4v) is 1.73. The number of aliphatic hydroxyl groups excluding tert-OH is 1. The lowest BCUT2D eigenvalue weighted by atomic mass is 10.2. The van der Waals surface area contributed by atoms with Crippen molar-refractivity contribution in [2.24, 2.45) is 0 Å². The van der Waals surface area contributed by atoms with Gasteiger partial charge in [0.25, 0.3) is 0 Å². The van der Waals surface area contributed by atoms with Crippen LogP contribution < -0.4 is 5.32 Å². The van der Waals surface area contributed by atoms with Crippen molar-refractivity contribution in [2.45, 2.75) is 19.4 Å². The first-order chi connectivity index (χ1) is 6.30. The van der Waals surface area contributed by atoms with E-state index in [2.05, 4.69) is 11.4 Å². The van der Waals surface area contributed by atoms with Crippen molar-refractivity contribution in [1.82, 2.24) is 0 Å². The molecule has 0 saturated heterocycles. The highest BCUT2D eigenvalue weighted by molar-refractivity contribution is 7.16.